The molecule has 1 N–H and O–H groups in total. The molecule has 7 nitrogen and oxygen atoms in total. The van der Waals surface area contributed by atoms with Gasteiger partial charge in [0.05, 0.1) is 10.9 Å². The van der Waals surface area contributed by atoms with Crippen LogP contribution >= 0.6 is 0 Å². The molecule has 146 valence electrons. The third kappa shape index (κ3) is 4.82. The molecule has 1 fully saturated rings. The average molecular weight is 383 g/mol. The first kappa shape index (κ1) is 20.8. The first-order valence-electron chi connectivity index (χ1n) is 8.87. The highest BCUT2D eigenvalue weighted by Crippen LogP contribution is 2.20. The van der Waals surface area contributed by atoms with E-state index < -0.39 is 10.0 Å². The second kappa shape index (κ2) is 8.47. The Morgan fingerprint density at radius 3 is 2.58 bits per heavy atom. The summed E-state index contributed by atoms with van der Waals surface area (Å²) in [6, 6.07) is 6.55. The van der Waals surface area contributed by atoms with Crippen molar-refractivity contribution in [2.75, 3.05) is 46.6 Å². The summed E-state index contributed by atoms with van der Waals surface area (Å²) in [5.41, 5.74) is 0.492. The molecule has 0 bridgehead atoms. The summed E-state index contributed by atoms with van der Waals surface area (Å²) in [6.07, 6.45) is 2.21. The van der Waals surface area contributed by atoms with Crippen LogP contribution in [-0.2, 0) is 14.8 Å². The van der Waals surface area contributed by atoms with Gasteiger partial charge >= 0.3 is 0 Å². The van der Waals surface area contributed by atoms with Gasteiger partial charge in [-0.3, -0.25) is 9.69 Å². The Balaban J connectivity index is 2.08. The van der Waals surface area contributed by atoms with Crippen molar-refractivity contribution >= 4 is 21.6 Å². The minimum atomic E-state index is -3.53. The van der Waals surface area contributed by atoms with E-state index in [4.69, 9.17) is 0 Å². The van der Waals surface area contributed by atoms with Crippen molar-refractivity contribution in [3.8, 4) is 0 Å². The minimum Gasteiger partial charge on any atom is -0.325 e. The Labute approximate surface area is 157 Å². The fourth-order valence-electron chi connectivity index (χ4n) is 3.11. The van der Waals surface area contributed by atoms with Crippen molar-refractivity contribution in [3.63, 3.8) is 0 Å². The maximum atomic E-state index is 12.7. The number of likely N-dealkylation sites (tertiary alicyclic amines) is 1. The molecule has 2 atom stereocenters. The number of hydrogen-bond donors (Lipinski definition) is 1. The molecule has 0 spiro atoms. The highest BCUT2D eigenvalue weighted by atomic mass is 32.2. The summed E-state index contributed by atoms with van der Waals surface area (Å²) in [4.78, 5) is 17.2. The smallest absolute Gasteiger partial charge is 0.242 e. The van der Waals surface area contributed by atoms with Gasteiger partial charge in [0.2, 0.25) is 15.9 Å². The second-order valence-electron chi connectivity index (χ2n) is 7.24. The standard InChI is InChI=1S/C18H30N4O3S/c1-14(22-11-7-9-16(13-22)20(2)3)18(23)19-15-8-6-10-17(12-15)26(24,25)21(4)5/h6,8,10,12,14,16H,7,9,11,13H2,1-5H3,(H,19,23). The maximum Gasteiger partial charge on any atom is 0.242 e. The van der Waals surface area contributed by atoms with Crippen LogP contribution in [0.1, 0.15) is 19.8 Å². The van der Waals surface area contributed by atoms with E-state index >= 15 is 0 Å². The molecule has 1 aliphatic rings. The number of rotatable bonds is 6. The molecular weight excluding hydrogens is 352 g/mol. The number of amides is 1. The van der Waals surface area contributed by atoms with Crippen LogP contribution in [0.15, 0.2) is 29.2 Å². The van der Waals surface area contributed by atoms with Gasteiger partial charge in [0, 0.05) is 32.4 Å². The zero-order chi connectivity index (χ0) is 19.5. The number of hydrogen-bond acceptors (Lipinski definition) is 5. The van der Waals surface area contributed by atoms with Gasteiger partial charge in [-0.15, -0.1) is 0 Å². The lowest BCUT2D eigenvalue weighted by Crippen LogP contribution is -2.51. The van der Waals surface area contributed by atoms with Crippen LogP contribution in [0.3, 0.4) is 0 Å². The van der Waals surface area contributed by atoms with Gasteiger partial charge in [0.25, 0.3) is 0 Å². The molecular formula is C18H30N4O3S. The van der Waals surface area contributed by atoms with Crippen LogP contribution in [0.2, 0.25) is 0 Å². The van der Waals surface area contributed by atoms with Gasteiger partial charge in [-0.1, -0.05) is 6.07 Å². The first-order chi connectivity index (χ1) is 12.1. The number of nitrogens with zero attached hydrogens (tertiary/aromatic N) is 3. The SMILES string of the molecule is CC(C(=O)Nc1cccc(S(=O)(=O)N(C)C)c1)N1CCCC(N(C)C)C1. The number of nitrogens with one attached hydrogen (secondary N) is 1. The van der Waals surface area contributed by atoms with E-state index in [2.05, 4.69) is 29.2 Å². The Hall–Kier alpha value is -1.48. The van der Waals surface area contributed by atoms with E-state index in [1.54, 1.807) is 12.1 Å². The molecule has 1 amide bonds. The molecule has 0 saturated carbocycles. The largest absolute Gasteiger partial charge is 0.325 e. The zero-order valence-corrected chi connectivity index (χ0v) is 17.1. The van der Waals surface area contributed by atoms with Crippen LogP contribution in [0.4, 0.5) is 5.69 Å². The predicted octanol–water partition coefficient (Wildman–Crippen LogP) is 1.29. The van der Waals surface area contributed by atoms with E-state index in [1.165, 1.54) is 26.2 Å². The zero-order valence-electron chi connectivity index (χ0n) is 16.3. The lowest BCUT2D eigenvalue weighted by atomic mass is 10.0. The third-order valence-electron chi connectivity index (χ3n) is 4.97. The van der Waals surface area contributed by atoms with E-state index in [0.717, 1.165) is 30.2 Å². The molecule has 1 saturated heterocycles. The molecule has 26 heavy (non-hydrogen) atoms. The first-order valence-corrected chi connectivity index (χ1v) is 10.3. The molecule has 2 unspecified atom stereocenters. The third-order valence-corrected chi connectivity index (χ3v) is 6.78. The van der Waals surface area contributed by atoms with Crippen molar-refractivity contribution in [1.82, 2.24) is 14.1 Å². The number of benzene rings is 1. The molecule has 1 heterocycles. The second-order valence-corrected chi connectivity index (χ2v) is 9.39. The van der Waals surface area contributed by atoms with Gasteiger partial charge in [-0.05, 0) is 58.6 Å². The van der Waals surface area contributed by atoms with Crippen LogP contribution in [0, 0.1) is 0 Å². The lowest BCUT2D eigenvalue weighted by Gasteiger charge is -2.38. The van der Waals surface area contributed by atoms with Crippen molar-refractivity contribution in [1.29, 1.82) is 0 Å². The number of carbonyl (C=O) groups excluding carboxylic acids is 1. The lowest BCUT2D eigenvalue weighted by molar-refractivity contribution is -0.121. The Kier molecular flexibility index (Phi) is 6.79. The van der Waals surface area contributed by atoms with E-state index in [9.17, 15) is 13.2 Å². The van der Waals surface area contributed by atoms with Gasteiger partial charge in [-0.2, -0.15) is 0 Å². The van der Waals surface area contributed by atoms with Crippen molar-refractivity contribution in [2.45, 2.75) is 36.7 Å². The fourth-order valence-corrected chi connectivity index (χ4v) is 4.06. The molecule has 2 rings (SSSR count). The van der Waals surface area contributed by atoms with Crippen molar-refractivity contribution in [2.24, 2.45) is 0 Å². The quantitative estimate of drug-likeness (QED) is 0.803. The summed E-state index contributed by atoms with van der Waals surface area (Å²) >= 11 is 0. The minimum absolute atomic E-state index is 0.121. The summed E-state index contributed by atoms with van der Waals surface area (Å²) in [5.74, 6) is -0.121. The highest BCUT2D eigenvalue weighted by Gasteiger charge is 2.28. The average Bonchev–Trinajstić information content (AvgIpc) is 2.61. The van der Waals surface area contributed by atoms with Crippen LogP contribution in [0.25, 0.3) is 0 Å². The van der Waals surface area contributed by atoms with Gasteiger partial charge in [0.15, 0.2) is 0 Å². The van der Waals surface area contributed by atoms with Crippen molar-refractivity contribution in [3.05, 3.63) is 24.3 Å². The summed E-state index contributed by atoms with van der Waals surface area (Å²) in [7, 11) is 3.58. The number of likely N-dealkylation sites (N-methyl/N-ethyl adjacent to an activating group) is 1. The molecule has 0 aliphatic carbocycles. The summed E-state index contributed by atoms with van der Waals surface area (Å²) in [6.45, 7) is 3.65. The Morgan fingerprint density at radius 2 is 1.96 bits per heavy atom. The normalized spacial score (nSPS) is 20.3. The van der Waals surface area contributed by atoms with Gasteiger partial charge in [-0.25, -0.2) is 12.7 Å². The van der Waals surface area contributed by atoms with E-state index in [0.29, 0.717) is 11.7 Å². The van der Waals surface area contributed by atoms with Gasteiger partial charge < -0.3 is 10.2 Å². The van der Waals surface area contributed by atoms with Crippen LogP contribution in [0.5, 0.6) is 0 Å². The van der Waals surface area contributed by atoms with Crippen LogP contribution in [-0.4, -0.2) is 81.8 Å². The highest BCUT2D eigenvalue weighted by molar-refractivity contribution is 7.89. The van der Waals surface area contributed by atoms with Crippen molar-refractivity contribution < 1.29 is 13.2 Å². The topological polar surface area (TPSA) is 73.0 Å². The Morgan fingerprint density at radius 1 is 1.27 bits per heavy atom. The molecule has 8 heteroatoms. The summed E-state index contributed by atoms with van der Waals surface area (Å²) in [5, 5.41) is 2.86. The monoisotopic (exact) mass is 382 g/mol. The molecule has 0 aromatic heterocycles. The summed E-state index contributed by atoms with van der Waals surface area (Å²) < 4.78 is 25.7. The fraction of sp³-hybridized carbons (Fsp3) is 0.611. The van der Waals surface area contributed by atoms with E-state index in [-0.39, 0.29) is 16.8 Å². The number of piperidine rings is 1. The maximum absolute atomic E-state index is 12.7. The molecule has 1 aromatic rings. The predicted molar refractivity (Wildman–Crippen MR) is 104 cm³/mol. The molecule has 1 aliphatic heterocycles. The van der Waals surface area contributed by atoms with E-state index in [1.807, 2.05) is 6.92 Å². The number of sulfonamides is 1. The van der Waals surface area contributed by atoms with Gasteiger partial charge in [0.1, 0.15) is 0 Å². The molecule has 1 aromatic carbocycles. The Bertz CT molecular complexity index is 734. The molecule has 0 radical (unpaired) electrons. The van der Waals surface area contributed by atoms with Crippen LogP contribution < -0.4 is 5.32 Å². The number of anilines is 1. The number of carbonyl (C=O) groups is 1.